The predicted molar refractivity (Wildman–Crippen MR) is 78.9 cm³/mol. The molecule has 1 N–H and O–H groups in total. The van der Waals surface area contributed by atoms with Crippen molar-refractivity contribution in [2.24, 2.45) is 11.3 Å². The van der Waals surface area contributed by atoms with Crippen molar-refractivity contribution >= 4 is 0 Å². The maximum atomic E-state index is 3.47. The van der Waals surface area contributed by atoms with Gasteiger partial charge in [-0.1, -0.05) is 19.8 Å². The van der Waals surface area contributed by atoms with E-state index in [1.165, 1.54) is 58.2 Å². The summed E-state index contributed by atoms with van der Waals surface area (Å²) in [5.41, 5.74) is 0.979. The summed E-state index contributed by atoms with van der Waals surface area (Å²) in [6.45, 7) is 11.1. The lowest BCUT2D eigenvalue weighted by molar-refractivity contribution is 0.0563. The number of nitrogens with zero attached hydrogens (tertiary/aromatic N) is 1. The van der Waals surface area contributed by atoms with Gasteiger partial charge in [-0.15, -0.1) is 0 Å². The molecule has 18 heavy (non-hydrogen) atoms. The van der Waals surface area contributed by atoms with Gasteiger partial charge in [0.15, 0.2) is 0 Å². The van der Waals surface area contributed by atoms with Gasteiger partial charge in [0.25, 0.3) is 0 Å². The molecule has 2 rings (SSSR count). The second kappa shape index (κ2) is 5.50. The molecule has 0 aromatic rings. The average molecular weight is 252 g/mol. The third kappa shape index (κ3) is 3.08. The number of nitrogens with one attached hydrogen (secondary N) is 1. The number of hydrogen-bond acceptors (Lipinski definition) is 2. The predicted octanol–water partition coefficient (Wildman–Crippen LogP) is 3.28. The van der Waals surface area contributed by atoms with Crippen molar-refractivity contribution in [2.45, 2.75) is 64.8 Å². The van der Waals surface area contributed by atoms with E-state index in [4.69, 9.17) is 0 Å². The Labute approximate surface area is 114 Å². The van der Waals surface area contributed by atoms with Crippen LogP contribution in [0.5, 0.6) is 0 Å². The van der Waals surface area contributed by atoms with Crippen LogP contribution >= 0.6 is 0 Å². The Morgan fingerprint density at radius 3 is 2.33 bits per heavy atom. The van der Waals surface area contributed by atoms with Gasteiger partial charge in [0.05, 0.1) is 0 Å². The molecule has 2 aliphatic rings. The van der Waals surface area contributed by atoms with Crippen molar-refractivity contribution in [3.63, 3.8) is 0 Å². The van der Waals surface area contributed by atoms with E-state index in [-0.39, 0.29) is 0 Å². The Kier molecular flexibility index (Phi) is 4.38. The molecule has 1 aliphatic heterocycles. The molecule has 106 valence electrons. The quantitative estimate of drug-likeness (QED) is 0.826. The molecule has 2 nitrogen and oxygen atoms in total. The fourth-order valence-electron chi connectivity index (χ4n) is 4.00. The van der Waals surface area contributed by atoms with Crippen LogP contribution in [0, 0.1) is 11.3 Å². The van der Waals surface area contributed by atoms with Crippen LogP contribution in [0.3, 0.4) is 0 Å². The molecule has 2 heteroatoms. The van der Waals surface area contributed by atoms with Crippen molar-refractivity contribution in [3.8, 4) is 0 Å². The van der Waals surface area contributed by atoms with E-state index < -0.39 is 0 Å². The fraction of sp³-hybridized carbons (Fsp3) is 1.00. The van der Waals surface area contributed by atoms with E-state index in [0.29, 0.717) is 11.0 Å². The Bertz CT molecular complexity index is 264. The monoisotopic (exact) mass is 252 g/mol. The first-order valence-electron chi connectivity index (χ1n) is 7.87. The van der Waals surface area contributed by atoms with Crippen LogP contribution in [0.4, 0.5) is 0 Å². The van der Waals surface area contributed by atoms with Crippen molar-refractivity contribution in [1.29, 1.82) is 0 Å². The molecular formula is C16H32N2. The van der Waals surface area contributed by atoms with Crippen LogP contribution in [-0.4, -0.2) is 37.1 Å². The van der Waals surface area contributed by atoms with Crippen LogP contribution in [0.2, 0.25) is 0 Å². The van der Waals surface area contributed by atoms with E-state index in [1.54, 1.807) is 0 Å². The molecule has 0 unspecified atom stereocenters. The fourth-order valence-corrected chi connectivity index (χ4v) is 4.00. The van der Waals surface area contributed by atoms with Gasteiger partial charge in [-0.25, -0.2) is 0 Å². The van der Waals surface area contributed by atoms with Gasteiger partial charge in [0.2, 0.25) is 0 Å². The summed E-state index contributed by atoms with van der Waals surface area (Å²) in [7, 11) is 2.12. The van der Waals surface area contributed by atoms with Gasteiger partial charge >= 0.3 is 0 Å². The lowest BCUT2D eigenvalue weighted by Crippen LogP contribution is -2.49. The summed E-state index contributed by atoms with van der Waals surface area (Å²) >= 11 is 0. The molecule has 2 fully saturated rings. The summed E-state index contributed by atoms with van der Waals surface area (Å²) in [6, 6.07) is 0. The van der Waals surface area contributed by atoms with Gasteiger partial charge in [-0.05, 0) is 64.5 Å². The van der Waals surface area contributed by atoms with Gasteiger partial charge in [-0.2, -0.15) is 0 Å². The number of likely N-dealkylation sites (tertiary alicyclic amines) is 1. The maximum Gasteiger partial charge on any atom is 0.0153 e. The standard InChI is InChI=1S/C16H32N2/c1-14-6-9-16(10-7-14,12-17-4)13-18-11-5-8-15(18,2)3/h14,17H,5-13H2,1-4H3. The first-order valence-corrected chi connectivity index (χ1v) is 7.87. The van der Waals surface area contributed by atoms with Crippen LogP contribution in [-0.2, 0) is 0 Å². The highest BCUT2D eigenvalue weighted by Gasteiger charge is 2.40. The summed E-state index contributed by atoms with van der Waals surface area (Å²) < 4.78 is 0. The minimum Gasteiger partial charge on any atom is -0.319 e. The van der Waals surface area contributed by atoms with Gasteiger partial charge in [0, 0.05) is 18.6 Å². The highest BCUT2D eigenvalue weighted by atomic mass is 15.2. The topological polar surface area (TPSA) is 15.3 Å². The minimum atomic E-state index is 0.434. The third-order valence-electron chi connectivity index (χ3n) is 5.49. The lowest BCUT2D eigenvalue weighted by Gasteiger charge is -2.45. The van der Waals surface area contributed by atoms with Crippen LogP contribution in [0.15, 0.2) is 0 Å². The molecule has 1 saturated carbocycles. The van der Waals surface area contributed by atoms with Gasteiger partial charge < -0.3 is 5.32 Å². The van der Waals surface area contributed by atoms with Crippen molar-refractivity contribution in [3.05, 3.63) is 0 Å². The third-order valence-corrected chi connectivity index (χ3v) is 5.49. The zero-order valence-corrected chi connectivity index (χ0v) is 12.9. The first kappa shape index (κ1) is 14.3. The summed E-state index contributed by atoms with van der Waals surface area (Å²) in [5, 5.41) is 3.47. The van der Waals surface area contributed by atoms with Crippen molar-refractivity contribution in [2.75, 3.05) is 26.7 Å². The molecule has 0 spiro atoms. The van der Waals surface area contributed by atoms with E-state index in [2.05, 4.69) is 38.0 Å². The number of hydrogen-bond donors (Lipinski definition) is 1. The molecule has 0 atom stereocenters. The Morgan fingerprint density at radius 2 is 1.83 bits per heavy atom. The molecule has 0 radical (unpaired) electrons. The van der Waals surface area contributed by atoms with Crippen molar-refractivity contribution < 1.29 is 0 Å². The van der Waals surface area contributed by atoms with E-state index in [1.807, 2.05) is 0 Å². The highest BCUT2D eigenvalue weighted by Crippen LogP contribution is 2.41. The first-order chi connectivity index (χ1) is 8.47. The molecule has 0 bridgehead atoms. The lowest BCUT2D eigenvalue weighted by atomic mass is 9.70. The summed E-state index contributed by atoms with van der Waals surface area (Å²) in [4.78, 5) is 2.76. The molecular weight excluding hydrogens is 220 g/mol. The van der Waals surface area contributed by atoms with Crippen LogP contribution in [0.25, 0.3) is 0 Å². The summed E-state index contributed by atoms with van der Waals surface area (Å²) in [5.74, 6) is 0.946. The molecule has 0 amide bonds. The maximum absolute atomic E-state index is 3.47. The van der Waals surface area contributed by atoms with E-state index in [9.17, 15) is 0 Å². The Balaban J connectivity index is 2.02. The zero-order valence-electron chi connectivity index (χ0n) is 12.9. The number of rotatable bonds is 4. The SMILES string of the molecule is CNCC1(CN2CCCC2(C)C)CCC(C)CC1. The average Bonchev–Trinajstić information content (AvgIpc) is 2.63. The minimum absolute atomic E-state index is 0.434. The Morgan fingerprint density at radius 1 is 1.17 bits per heavy atom. The molecule has 0 aromatic heterocycles. The summed E-state index contributed by atoms with van der Waals surface area (Å²) in [6.07, 6.45) is 8.45. The van der Waals surface area contributed by atoms with Crippen LogP contribution in [0.1, 0.15) is 59.3 Å². The smallest absolute Gasteiger partial charge is 0.0153 e. The van der Waals surface area contributed by atoms with Crippen molar-refractivity contribution in [1.82, 2.24) is 10.2 Å². The second-order valence-corrected chi connectivity index (χ2v) is 7.55. The van der Waals surface area contributed by atoms with E-state index in [0.717, 1.165) is 5.92 Å². The van der Waals surface area contributed by atoms with E-state index >= 15 is 0 Å². The highest BCUT2D eigenvalue weighted by molar-refractivity contribution is 4.95. The molecule has 1 heterocycles. The molecule has 1 saturated heterocycles. The van der Waals surface area contributed by atoms with Gasteiger partial charge in [-0.3, -0.25) is 4.90 Å². The normalized spacial score (nSPS) is 37.0. The van der Waals surface area contributed by atoms with Crippen LogP contribution < -0.4 is 5.32 Å². The molecule has 0 aromatic carbocycles. The van der Waals surface area contributed by atoms with Gasteiger partial charge in [0.1, 0.15) is 0 Å². The largest absolute Gasteiger partial charge is 0.319 e. The molecule has 1 aliphatic carbocycles. The zero-order chi connectivity index (χ0) is 13.2. The second-order valence-electron chi connectivity index (χ2n) is 7.55. The Hall–Kier alpha value is -0.0800.